The highest BCUT2D eigenvalue weighted by molar-refractivity contribution is 8.26. The van der Waals surface area contributed by atoms with E-state index in [4.69, 9.17) is 17.2 Å². The van der Waals surface area contributed by atoms with Crippen LogP contribution in [0.5, 0.6) is 0 Å². The quantitative estimate of drug-likeness (QED) is 0.408. The van der Waals surface area contributed by atoms with Crippen LogP contribution in [0.3, 0.4) is 0 Å². The van der Waals surface area contributed by atoms with E-state index in [1.165, 1.54) is 27.1 Å². The van der Waals surface area contributed by atoms with E-state index >= 15 is 0 Å². The summed E-state index contributed by atoms with van der Waals surface area (Å²) in [6, 6.07) is 10.4. The van der Waals surface area contributed by atoms with E-state index in [2.05, 4.69) is 0 Å². The fourth-order valence-electron chi connectivity index (χ4n) is 4.16. The molecule has 1 amide bonds. The second-order valence-electron chi connectivity index (χ2n) is 8.26. The molecule has 4 heterocycles. The summed E-state index contributed by atoms with van der Waals surface area (Å²) in [7, 11) is 1.62. The SMILES string of the molecule is Cc1ccc2nc(N3CCN(c4ccccc4F)CC3)c(C=C3SC(=S)N(C)C3=O)c(=O)n2c1. The van der Waals surface area contributed by atoms with Crippen molar-refractivity contribution in [3.05, 3.63) is 74.8 Å². The zero-order valence-electron chi connectivity index (χ0n) is 18.7. The third kappa shape index (κ3) is 3.97. The molecule has 1 aromatic carbocycles. The van der Waals surface area contributed by atoms with E-state index in [0.717, 1.165) is 5.56 Å². The molecule has 7 nitrogen and oxygen atoms in total. The third-order valence-corrected chi connectivity index (χ3v) is 7.50. The van der Waals surface area contributed by atoms with Crippen LogP contribution in [0.15, 0.2) is 52.3 Å². The van der Waals surface area contributed by atoms with Gasteiger partial charge in [-0.2, -0.15) is 0 Å². The minimum Gasteiger partial charge on any atom is -0.366 e. The van der Waals surface area contributed by atoms with Crippen LogP contribution < -0.4 is 15.4 Å². The van der Waals surface area contributed by atoms with E-state index in [-0.39, 0.29) is 17.3 Å². The number of aryl methyl sites for hydroxylation is 1. The molecular formula is C24H22FN5O2S2. The molecule has 10 heteroatoms. The average molecular weight is 496 g/mol. The van der Waals surface area contributed by atoms with Crippen LogP contribution in [0.1, 0.15) is 11.1 Å². The number of carbonyl (C=O) groups is 1. The molecule has 0 N–H and O–H groups in total. The topological polar surface area (TPSA) is 61.2 Å². The molecule has 2 aromatic heterocycles. The number of hydrogen-bond donors (Lipinski definition) is 0. The number of thioether (sulfide) groups is 1. The van der Waals surface area contributed by atoms with E-state index in [1.54, 1.807) is 31.5 Å². The predicted molar refractivity (Wildman–Crippen MR) is 138 cm³/mol. The maximum Gasteiger partial charge on any atom is 0.267 e. The van der Waals surface area contributed by atoms with Gasteiger partial charge in [0.15, 0.2) is 0 Å². The maximum absolute atomic E-state index is 14.3. The minimum absolute atomic E-state index is 0.237. The molecule has 0 radical (unpaired) electrons. The number of nitrogens with zero attached hydrogens (tertiary/aromatic N) is 5. The number of halogens is 1. The molecule has 2 saturated heterocycles. The summed E-state index contributed by atoms with van der Waals surface area (Å²) in [5.41, 5.74) is 2.12. The third-order valence-electron chi connectivity index (χ3n) is 6.02. The zero-order chi connectivity index (χ0) is 24.0. The van der Waals surface area contributed by atoms with Gasteiger partial charge in [-0.1, -0.05) is 42.2 Å². The van der Waals surface area contributed by atoms with Crippen LogP contribution in [0.25, 0.3) is 11.7 Å². The van der Waals surface area contributed by atoms with Gasteiger partial charge in [-0.3, -0.25) is 18.9 Å². The monoisotopic (exact) mass is 495 g/mol. The first-order valence-electron chi connectivity index (χ1n) is 10.8. The van der Waals surface area contributed by atoms with Crippen molar-refractivity contribution < 1.29 is 9.18 Å². The van der Waals surface area contributed by atoms with E-state index in [0.29, 0.717) is 58.1 Å². The Morgan fingerprint density at radius 2 is 1.76 bits per heavy atom. The lowest BCUT2D eigenvalue weighted by atomic mass is 10.2. The smallest absolute Gasteiger partial charge is 0.267 e. The van der Waals surface area contributed by atoms with Crippen molar-refractivity contribution >= 4 is 57.4 Å². The number of piperazine rings is 1. The van der Waals surface area contributed by atoms with Gasteiger partial charge in [0.05, 0.1) is 16.2 Å². The number of para-hydroxylation sites is 1. The number of pyridine rings is 1. The lowest BCUT2D eigenvalue weighted by Gasteiger charge is -2.37. The number of carbonyl (C=O) groups excluding carboxylic acids is 1. The summed E-state index contributed by atoms with van der Waals surface area (Å²) in [5, 5.41) is 0. The van der Waals surface area contributed by atoms with Crippen LogP contribution in [0.4, 0.5) is 15.9 Å². The lowest BCUT2D eigenvalue weighted by molar-refractivity contribution is -0.121. The highest BCUT2D eigenvalue weighted by atomic mass is 32.2. The van der Waals surface area contributed by atoms with E-state index < -0.39 is 0 Å². The Morgan fingerprint density at radius 1 is 1.06 bits per heavy atom. The Labute approximate surface area is 205 Å². The second-order valence-corrected chi connectivity index (χ2v) is 9.93. The molecule has 174 valence electrons. The van der Waals surface area contributed by atoms with Crippen molar-refractivity contribution in [1.82, 2.24) is 14.3 Å². The number of hydrogen-bond acceptors (Lipinski definition) is 7. The summed E-state index contributed by atoms with van der Waals surface area (Å²) >= 11 is 6.42. The second kappa shape index (κ2) is 8.84. The Hall–Kier alpha value is -3.24. The van der Waals surface area contributed by atoms with Gasteiger partial charge in [0, 0.05) is 39.4 Å². The standard InChI is InChI=1S/C24H22FN5O2S2/c1-15-7-8-20-26-21(29-11-9-28(10-12-29)18-6-4-3-5-17(18)25)16(22(31)30(20)14-15)13-19-23(32)27(2)24(33)34-19/h3-8,13-14H,9-12H2,1-2H3. The lowest BCUT2D eigenvalue weighted by Crippen LogP contribution is -2.47. The van der Waals surface area contributed by atoms with Gasteiger partial charge < -0.3 is 9.80 Å². The molecule has 5 rings (SSSR count). The van der Waals surface area contributed by atoms with Gasteiger partial charge in [0.1, 0.15) is 21.6 Å². The first-order chi connectivity index (χ1) is 16.3. The molecular weight excluding hydrogens is 473 g/mol. The average Bonchev–Trinajstić information content (AvgIpc) is 3.08. The molecule has 34 heavy (non-hydrogen) atoms. The summed E-state index contributed by atoms with van der Waals surface area (Å²) in [4.78, 5) is 36.8. The molecule has 0 atom stereocenters. The first kappa shape index (κ1) is 22.5. The fraction of sp³-hybridized carbons (Fsp3) is 0.250. The number of aromatic nitrogens is 2. The van der Waals surface area contributed by atoms with Crippen molar-refractivity contribution in [2.24, 2.45) is 0 Å². The summed E-state index contributed by atoms with van der Waals surface area (Å²) in [6.07, 6.45) is 3.35. The normalized spacial score (nSPS) is 18.0. The van der Waals surface area contributed by atoms with Gasteiger partial charge >= 0.3 is 0 Å². The zero-order valence-corrected chi connectivity index (χ0v) is 20.3. The molecule has 0 spiro atoms. The summed E-state index contributed by atoms with van der Waals surface area (Å²) in [5.74, 6) is 0.0261. The van der Waals surface area contributed by atoms with Crippen LogP contribution in [0.2, 0.25) is 0 Å². The van der Waals surface area contributed by atoms with E-state index in [1.807, 2.05) is 34.9 Å². The molecule has 0 unspecified atom stereocenters. The number of thiocarbonyl (C=S) groups is 1. The van der Waals surface area contributed by atoms with Gasteiger partial charge in [-0.25, -0.2) is 9.37 Å². The van der Waals surface area contributed by atoms with Crippen molar-refractivity contribution in [2.45, 2.75) is 6.92 Å². The Kier molecular flexibility index (Phi) is 5.86. The first-order valence-corrected chi connectivity index (χ1v) is 12.0. The Bertz CT molecular complexity index is 1410. The molecule has 0 saturated carbocycles. The number of rotatable bonds is 3. The van der Waals surface area contributed by atoms with Crippen molar-refractivity contribution in [3.63, 3.8) is 0 Å². The summed E-state index contributed by atoms with van der Waals surface area (Å²) in [6.45, 7) is 4.17. The van der Waals surface area contributed by atoms with Crippen molar-refractivity contribution in [2.75, 3.05) is 43.0 Å². The van der Waals surface area contributed by atoms with Crippen LogP contribution in [-0.2, 0) is 4.79 Å². The number of amides is 1. The highest BCUT2D eigenvalue weighted by Crippen LogP contribution is 2.33. The molecule has 2 aliphatic rings. The van der Waals surface area contributed by atoms with Crippen LogP contribution in [0, 0.1) is 12.7 Å². The molecule has 3 aromatic rings. The van der Waals surface area contributed by atoms with Crippen LogP contribution in [-0.4, -0.2) is 57.7 Å². The number of fused-ring (bicyclic) bond motifs is 1. The van der Waals surface area contributed by atoms with Gasteiger partial charge in [-0.15, -0.1) is 0 Å². The highest BCUT2D eigenvalue weighted by Gasteiger charge is 2.30. The Morgan fingerprint density at radius 3 is 2.44 bits per heavy atom. The van der Waals surface area contributed by atoms with E-state index in [9.17, 15) is 14.0 Å². The van der Waals surface area contributed by atoms with Gasteiger partial charge in [0.25, 0.3) is 11.5 Å². The molecule has 2 fully saturated rings. The van der Waals surface area contributed by atoms with Crippen LogP contribution >= 0.6 is 24.0 Å². The number of anilines is 2. The molecule has 0 bridgehead atoms. The van der Waals surface area contributed by atoms with Crippen molar-refractivity contribution in [3.8, 4) is 0 Å². The maximum atomic E-state index is 14.3. The largest absolute Gasteiger partial charge is 0.366 e. The van der Waals surface area contributed by atoms with Crippen molar-refractivity contribution in [1.29, 1.82) is 0 Å². The molecule has 2 aliphatic heterocycles. The predicted octanol–water partition coefficient (Wildman–Crippen LogP) is 3.30. The molecule has 0 aliphatic carbocycles. The summed E-state index contributed by atoms with van der Waals surface area (Å²) < 4.78 is 16.2. The van der Waals surface area contributed by atoms with Gasteiger partial charge in [-0.05, 0) is 36.8 Å². The van der Waals surface area contributed by atoms with Gasteiger partial charge in [0.2, 0.25) is 0 Å². The number of likely N-dealkylation sites (N-methyl/N-ethyl adjacent to an activating group) is 1. The Balaban J connectivity index is 1.55. The number of benzene rings is 1. The fourth-order valence-corrected chi connectivity index (χ4v) is 5.32. The minimum atomic E-state index is -0.254.